The minimum atomic E-state index is -0.574. The van der Waals surface area contributed by atoms with Crippen LogP contribution in [0.5, 0.6) is 0 Å². The molecule has 2 aliphatic carbocycles. The fourth-order valence-electron chi connectivity index (χ4n) is 3.25. The van der Waals surface area contributed by atoms with Crippen molar-refractivity contribution in [2.75, 3.05) is 0 Å². The molecule has 0 aromatic rings. The van der Waals surface area contributed by atoms with Gasteiger partial charge in [0, 0.05) is 0 Å². The van der Waals surface area contributed by atoms with Crippen molar-refractivity contribution in [3.05, 3.63) is 0 Å². The lowest BCUT2D eigenvalue weighted by molar-refractivity contribution is -0.140. The molecule has 2 saturated carbocycles. The number of carboxylic acids is 1. The van der Waals surface area contributed by atoms with Gasteiger partial charge in [0.2, 0.25) is 0 Å². The minimum Gasteiger partial charge on any atom is -0.481 e. The van der Waals surface area contributed by atoms with Gasteiger partial charge in [-0.25, -0.2) is 0 Å². The molecule has 2 heteroatoms. The molecule has 2 unspecified atom stereocenters. The average molecular weight is 182 g/mol. The van der Waals surface area contributed by atoms with E-state index in [2.05, 4.69) is 13.8 Å². The Hall–Kier alpha value is -0.530. The van der Waals surface area contributed by atoms with Crippen LogP contribution in [0.3, 0.4) is 0 Å². The molecule has 0 amide bonds. The normalized spacial score (nSPS) is 41.8. The van der Waals surface area contributed by atoms with Crippen molar-refractivity contribution in [1.82, 2.24) is 0 Å². The van der Waals surface area contributed by atoms with Crippen LogP contribution in [0.15, 0.2) is 0 Å². The highest BCUT2D eigenvalue weighted by Crippen LogP contribution is 2.69. The molecule has 0 aliphatic heterocycles. The predicted octanol–water partition coefficient (Wildman–Crippen LogP) is 2.68. The van der Waals surface area contributed by atoms with Crippen molar-refractivity contribution in [1.29, 1.82) is 0 Å². The molecule has 2 fully saturated rings. The average Bonchev–Trinajstić information content (AvgIpc) is 2.73. The zero-order chi connectivity index (χ0) is 9.69. The van der Waals surface area contributed by atoms with Crippen molar-refractivity contribution >= 4 is 5.97 Å². The van der Waals surface area contributed by atoms with Crippen molar-refractivity contribution in [3.8, 4) is 0 Å². The Morgan fingerprint density at radius 3 is 2.38 bits per heavy atom. The van der Waals surface area contributed by atoms with E-state index in [1.807, 2.05) is 0 Å². The molecule has 13 heavy (non-hydrogen) atoms. The topological polar surface area (TPSA) is 37.3 Å². The number of hydrogen-bond donors (Lipinski definition) is 1. The molecule has 1 spiro atoms. The van der Waals surface area contributed by atoms with E-state index < -0.39 is 5.97 Å². The van der Waals surface area contributed by atoms with Gasteiger partial charge in [-0.05, 0) is 30.1 Å². The van der Waals surface area contributed by atoms with Gasteiger partial charge in [-0.2, -0.15) is 0 Å². The van der Waals surface area contributed by atoms with Gasteiger partial charge in [0.15, 0.2) is 0 Å². The number of rotatable bonds is 1. The van der Waals surface area contributed by atoms with Gasteiger partial charge in [0.1, 0.15) is 0 Å². The summed E-state index contributed by atoms with van der Waals surface area (Å²) in [7, 11) is 0. The van der Waals surface area contributed by atoms with Crippen molar-refractivity contribution < 1.29 is 9.90 Å². The molecule has 0 aromatic heterocycles. The highest BCUT2D eigenvalue weighted by Gasteiger charge is 2.65. The molecule has 2 atom stereocenters. The van der Waals surface area contributed by atoms with Gasteiger partial charge in [-0.15, -0.1) is 0 Å². The molecule has 0 radical (unpaired) electrons. The predicted molar refractivity (Wildman–Crippen MR) is 50.4 cm³/mol. The summed E-state index contributed by atoms with van der Waals surface area (Å²) in [4.78, 5) is 10.9. The van der Waals surface area contributed by atoms with Crippen LogP contribution in [0.25, 0.3) is 0 Å². The molecular formula is C11H18O2. The first-order chi connectivity index (χ1) is 6.00. The van der Waals surface area contributed by atoms with Crippen LogP contribution in [0, 0.1) is 16.7 Å². The lowest BCUT2D eigenvalue weighted by Gasteiger charge is -2.40. The highest BCUT2D eigenvalue weighted by atomic mass is 16.4. The van der Waals surface area contributed by atoms with Crippen LogP contribution in [-0.2, 0) is 4.79 Å². The molecule has 74 valence electrons. The van der Waals surface area contributed by atoms with E-state index in [0.29, 0.717) is 0 Å². The van der Waals surface area contributed by atoms with Crippen LogP contribution in [-0.4, -0.2) is 11.1 Å². The van der Waals surface area contributed by atoms with E-state index in [-0.39, 0.29) is 16.7 Å². The molecule has 0 saturated heterocycles. The number of carbonyl (C=O) groups is 1. The van der Waals surface area contributed by atoms with E-state index in [1.54, 1.807) is 0 Å². The van der Waals surface area contributed by atoms with Crippen LogP contribution in [0.2, 0.25) is 0 Å². The SMILES string of the molecule is CC1(C)CCCCC12CC2C(=O)O. The first kappa shape index (κ1) is 9.04. The largest absolute Gasteiger partial charge is 0.481 e. The Bertz CT molecular complexity index is 244. The summed E-state index contributed by atoms with van der Waals surface area (Å²) in [6.07, 6.45) is 5.78. The van der Waals surface area contributed by atoms with E-state index in [0.717, 1.165) is 12.8 Å². The van der Waals surface area contributed by atoms with Crippen molar-refractivity contribution in [2.24, 2.45) is 16.7 Å². The lowest BCUT2D eigenvalue weighted by atomic mass is 9.65. The van der Waals surface area contributed by atoms with E-state index >= 15 is 0 Å². The molecular weight excluding hydrogens is 164 g/mol. The van der Waals surface area contributed by atoms with Gasteiger partial charge in [-0.1, -0.05) is 26.7 Å². The number of carboxylic acid groups (broad SMARTS) is 1. The second-order valence-corrected chi connectivity index (χ2v) is 5.34. The monoisotopic (exact) mass is 182 g/mol. The molecule has 0 aromatic carbocycles. The molecule has 2 rings (SSSR count). The summed E-state index contributed by atoms with van der Waals surface area (Å²) in [5, 5.41) is 9.00. The van der Waals surface area contributed by atoms with Crippen LogP contribution in [0.1, 0.15) is 46.0 Å². The van der Waals surface area contributed by atoms with Crippen molar-refractivity contribution in [3.63, 3.8) is 0 Å². The van der Waals surface area contributed by atoms with Crippen LogP contribution >= 0.6 is 0 Å². The quantitative estimate of drug-likeness (QED) is 0.677. The maximum atomic E-state index is 10.9. The number of aliphatic carboxylic acids is 1. The van der Waals surface area contributed by atoms with Crippen LogP contribution < -0.4 is 0 Å². The van der Waals surface area contributed by atoms with Crippen molar-refractivity contribution in [2.45, 2.75) is 46.0 Å². The Balaban J connectivity index is 2.19. The third-order valence-electron chi connectivity index (χ3n) is 4.40. The maximum Gasteiger partial charge on any atom is 0.307 e. The summed E-state index contributed by atoms with van der Waals surface area (Å²) in [5.74, 6) is -0.613. The van der Waals surface area contributed by atoms with E-state index in [9.17, 15) is 4.79 Å². The van der Waals surface area contributed by atoms with E-state index in [4.69, 9.17) is 5.11 Å². The Labute approximate surface area is 79.3 Å². The van der Waals surface area contributed by atoms with Crippen LogP contribution in [0.4, 0.5) is 0 Å². The summed E-state index contributed by atoms with van der Waals surface area (Å²) in [5.41, 5.74) is 0.422. The molecule has 2 nitrogen and oxygen atoms in total. The summed E-state index contributed by atoms with van der Waals surface area (Å²) in [6.45, 7) is 4.49. The fourth-order valence-corrected chi connectivity index (χ4v) is 3.25. The second-order valence-electron chi connectivity index (χ2n) is 5.34. The third kappa shape index (κ3) is 1.11. The standard InChI is InChI=1S/C11H18O2/c1-10(2)5-3-4-6-11(10)7-8(11)9(12)13/h8H,3-7H2,1-2H3,(H,12,13). The first-order valence-corrected chi connectivity index (χ1v) is 5.22. The Morgan fingerprint density at radius 2 is 1.92 bits per heavy atom. The Morgan fingerprint density at radius 1 is 1.31 bits per heavy atom. The summed E-state index contributed by atoms with van der Waals surface area (Å²) >= 11 is 0. The smallest absolute Gasteiger partial charge is 0.307 e. The Kier molecular flexibility index (Phi) is 1.73. The van der Waals surface area contributed by atoms with E-state index in [1.165, 1.54) is 19.3 Å². The molecule has 0 heterocycles. The zero-order valence-electron chi connectivity index (χ0n) is 8.47. The van der Waals surface area contributed by atoms with Gasteiger partial charge >= 0.3 is 5.97 Å². The zero-order valence-corrected chi connectivity index (χ0v) is 8.47. The second kappa shape index (κ2) is 2.49. The summed E-state index contributed by atoms with van der Waals surface area (Å²) in [6, 6.07) is 0. The maximum absolute atomic E-state index is 10.9. The van der Waals surface area contributed by atoms with Gasteiger partial charge in [0.25, 0.3) is 0 Å². The van der Waals surface area contributed by atoms with Gasteiger partial charge < -0.3 is 5.11 Å². The highest BCUT2D eigenvalue weighted by molar-refractivity contribution is 5.75. The molecule has 2 aliphatic rings. The third-order valence-corrected chi connectivity index (χ3v) is 4.40. The molecule has 0 bridgehead atoms. The number of hydrogen-bond acceptors (Lipinski definition) is 1. The molecule has 1 N–H and O–H groups in total. The lowest BCUT2D eigenvalue weighted by Crippen LogP contribution is -2.32. The van der Waals surface area contributed by atoms with Gasteiger partial charge in [0.05, 0.1) is 5.92 Å². The van der Waals surface area contributed by atoms with Gasteiger partial charge in [-0.3, -0.25) is 4.79 Å². The minimum absolute atomic E-state index is 0.0391. The first-order valence-electron chi connectivity index (χ1n) is 5.22. The summed E-state index contributed by atoms with van der Waals surface area (Å²) < 4.78 is 0. The fraction of sp³-hybridized carbons (Fsp3) is 0.909.